The first-order valence-corrected chi connectivity index (χ1v) is 7.69. The number of nitrogens with zero attached hydrogens (tertiary/aromatic N) is 2. The molecular weight excluding hydrogens is 262 g/mol. The number of benzene rings is 1. The van der Waals surface area contributed by atoms with Gasteiger partial charge < -0.3 is 15.1 Å². The molecule has 0 atom stereocenters. The standard InChI is InChI=1S/C17H27N3O/c1-14-6-5-7-15(12-14)19-8-10-20(11-9-19)16(21)13-18-17(2,3)4/h5-7,12,18H,8-11,13H2,1-4H3. The molecular formula is C17H27N3O. The molecule has 0 saturated carbocycles. The topological polar surface area (TPSA) is 35.6 Å². The van der Waals surface area contributed by atoms with Crippen LogP contribution in [0.15, 0.2) is 24.3 Å². The lowest BCUT2D eigenvalue weighted by Crippen LogP contribution is -2.52. The lowest BCUT2D eigenvalue weighted by molar-refractivity contribution is -0.130. The zero-order chi connectivity index (χ0) is 15.5. The van der Waals surface area contributed by atoms with Gasteiger partial charge in [-0.2, -0.15) is 0 Å². The molecule has 2 rings (SSSR count). The predicted octanol–water partition coefficient (Wildman–Crippen LogP) is 2.03. The molecule has 1 heterocycles. The Balaban J connectivity index is 1.84. The normalized spacial score (nSPS) is 16.2. The van der Waals surface area contributed by atoms with Crippen molar-refractivity contribution in [2.24, 2.45) is 0 Å². The Bertz CT molecular complexity index is 485. The number of anilines is 1. The van der Waals surface area contributed by atoms with Crippen LogP contribution in [0.25, 0.3) is 0 Å². The fourth-order valence-corrected chi connectivity index (χ4v) is 2.49. The summed E-state index contributed by atoms with van der Waals surface area (Å²) in [4.78, 5) is 16.5. The van der Waals surface area contributed by atoms with Crippen molar-refractivity contribution >= 4 is 11.6 Å². The molecule has 0 aromatic heterocycles. The Hall–Kier alpha value is -1.55. The maximum atomic E-state index is 12.2. The molecule has 4 nitrogen and oxygen atoms in total. The minimum atomic E-state index is -0.0148. The van der Waals surface area contributed by atoms with Crippen molar-refractivity contribution in [2.75, 3.05) is 37.6 Å². The number of carbonyl (C=O) groups is 1. The first kappa shape index (κ1) is 15.8. The van der Waals surface area contributed by atoms with E-state index in [4.69, 9.17) is 0 Å². The second-order valence-electron chi connectivity index (χ2n) is 6.81. The quantitative estimate of drug-likeness (QED) is 0.925. The largest absolute Gasteiger partial charge is 0.368 e. The monoisotopic (exact) mass is 289 g/mol. The van der Waals surface area contributed by atoms with Crippen molar-refractivity contribution in [3.8, 4) is 0 Å². The molecule has 0 radical (unpaired) electrons. The van der Waals surface area contributed by atoms with Crippen molar-refractivity contribution in [3.63, 3.8) is 0 Å². The molecule has 1 amide bonds. The molecule has 1 N–H and O–H groups in total. The number of hydrogen-bond donors (Lipinski definition) is 1. The summed E-state index contributed by atoms with van der Waals surface area (Å²) in [6, 6.07) is 8.56. The number of hydrogen-bond acceptors (Lipinski definition) is 3. The highest BCUT2D eigenvalue weighted by atomic mass is 16.2. The van der Waals surface area contributed by atoms with Gasteiger partial charge in [-0.3, -0.25) is 4.79 Å². The van der Waals surface area contributed by atoms with E-state index < -0.39 is 0 Å². The van der Waals surface area contributed by atoms with Crippen LogP contribution < -0.4 is 10.2 Å². The molecule has 21 heavy (non-hydrogen) atoms. The van der Waals surface area contributed by atoms with Crippen LogP contribution in [0.4, 0.5) is 5.69 Å². The Morgan fingerprint density at radius 1 is 1.19 bits per heavy atom. The second kappa shape index (κ2) is 6.48. The maximum absolute atomic E-state index is 12.2. The molecule has 1 saturated heterocycles. The Morgan fingerprint density at radius 2 is 1.86 bits per heavy atom. The highest BCUT2D eigenvalue weighted by molar-refractivity contribution is 5.78. The van der Waals surface area contributed by atoms with Gasteiger partial charge in [0.1, 0.15) is 0 Å². The Morgan fingerprint density at radius 3 is 2.43 bits per heavy atom. The van der Waals surface area contributed by atoms with Crippen LogP contribution in [0.3, 0.4) is 0 Å². The van der Waals surface area contributed by atoms with Crippen molar-refractivity contribution in [2.45, 2.75) is 33.2 Å². The van der Waals surface area contributed by atoms with E-state index in [2.05, 4.69) is 62.2 Å². The van der Waals surface area contributed by atoms with Crippen LogP contribution in [-0.2, 0) is 4.79 Å². The van der Waals surface area contributed by atoms with Gasteiger partial charge in [-0.05, 0) is 45.4 Å². The number of rotatable bonds is 3. The minimum Gasteiger partial charge on any atom is -0.368 e. The van der Waals surface area contributed by atoms with Crippen molar-refractivity contribution in [1.82, 2.24) is 10.2 Å². The average Bonchev–Trinajstić information content (AvgIpc) is 2.44. The third kappa shape index (κ3) is 4.74. The zero-order valence-electron chi connectivity index (χ0n) is 13.6. The summed E-state index contributed by atoms with van der Waals surface area (Å²) in [5.41, 5.74) is 2.52. The third-order valence-corrected chi connectivity index (χ3v) is 3.77. The lowest BCUT2D eigenvalue weighted by Gasteiger charge is -2.36. The summed E-state index contributed by atoms with van der Waals surface area (Å²) in [6.45, 7) is 12.2. The van der Waals surface area contributed by atoms with Gasteiger partial charge in [-0.1, -0.05) is 12.1 Å². The van der Waals surface area contributed by atoms with Gasteiger partial charge in [0.05, 0.1) is 6.54 Å². The fraction of sp³-hybridized carbons (Fsp3) is 0.588. The molecule has 0 spiro atoms. The van der Waals surface area contributed by atoms with Gasteiger partial charge >= 0.3 is 0 Å². The van der Waals surface area contributed by atoms with E-state index in [9.17, 15) is 4.79 Å². The summed E-state index contributed by atoms with van der Waals surface area (Å²) in [5.74, 6) is 0.203. The smallest absolute Gasteiger partial charge is 0.236 e. The Kier molecular flexibility index (Phi) is 4.88. The number of piperazine rings is 1. The van der Waals surface area contributed by atoms with Crippen LogP contribution in [0, 0.1) is 6.92 Å². The molecule has 0 unspecified atom stereocenters. The van der Waals surface area contributed by atoms with E-state index in [0.717, 1.165) is 26.2 Å². The summed E-state index contributed by atoms with van der Waals surface area (Å²) in [5, 5.41) is 3.26. The van der Waals surface area contributed by atoms with E-state index >= 15 is 0 Å². The van der Waals surface area contributed by atoms with Crippen molar-refractivity contribution in [3.05, 3.63) is 29.8 Å². The number of aryl methyl sites for hydroxylation is 1. The lowest BCUT2D eigenvalue weighted by atomic mass is 10.1. The first-order valence-electron chi connectivity index (χ1n) is 7.69. The molecule has 0 bridgehead atoms. The highest BCUT2D eigenvalue weighted by Gasteiger charge is 2.22. The summed E-state index contributed by atoms with van der Waals surface area (Å²) in [7, 11) is 0. The Labute approximate surface area is 128 Å². The summed E-state index contributed by atoms with van der Waals surface area (Å²) < 4.78 is 0. The van der Waals surface area contributed by atoms with Gasteiger partial charge in [-0.25, -0.2) is 0 Å². The maximum Gasteiger partial charge on any atom is 0.236 e. The van der Waals surface area contributed by atoms with E-state index in [1.807, 2.05) is 4.90 Å². The third-order valence-electron chi connectivity index (χ3n) is 3.77. The first-order chi connectivity index (χ1) is 9.85. The predicted molar refractivity (Wildman–Crippen MR) is 87.7 cm³/mol. The van der Waals surface area contributed by atoms with Crippen molar-refractivity contribution in [1.29, 1.82) is 0 Å². The molecule has 1 aromatic carbocycles. The fourth-order valence-electron chi connectivity index (χ4n) is 2.49. The van der Waals surface area contributed by atoms with Crippen LogP contribution in [0.5, 0.6) is 0 Å². The van der Waals surface area contributed by atoms with Gasteiger partial charge in [0.15, 0.2) is 0 Å². The molecule has 1 aliphatic heterocycles. The van der Waals surface area contributed by atoms with E-state index in [-0.39, 0.29) is 11.4 Å². The van der Waals surface area contributed by atoms with Gasteiger partial charge in [0, 0.05) is 37.4 Å². The van der Waals surface area contributed by atoms with Crippen LogP contribution >= 0.6 is 0 Å². The van der Waals surface area contributed by atoms with E-state index in [1.54, 1.807) is 0 Å². The van der Waals surface area contributed by atoms with Gasteiger partial charge in [0.2, 0.25) is 5.91 Å². The molecule has 1 aliphatic rings. The second-order valence-corrected chi connectivity index (χ2v) is 6.81. The molecule has 116 valence electrons. The van der Waals surface area contributed by atoms with E-state index in [0.29, 0.717) is 6.54 Å². The van der Waals surface area contributed by atoms with Crippen LogP contribution in [0.2, 0.25) is 0 Å². The molecule has 4 heteroatoms. The SMILES string of the molecule is Cc1cccc(N2CCN(C(=O)CNC(C)(C)C)CC2)c1. The van der Waals surface area contributed by atoms with E-state index in [1.165, 1.54) is 11.3 Å². The molecule has 1 aromatic rings. The van der Waals surface area contributed by atoms with Crippen LogP contribution in [0.1, 0.15) is 26.3 Å². The van der Waals surface area contributed by atoms with Gasteiger partial charge in [0.25, 0.3) is 0 Å². The van der Waals surface area contributed by atoms with Gasteiger partial charge in [-0.15, -0.1) is 0 Å². The molecule has 0 aliphatic carbocycles. The summed E-state index contributed by atoms with van der Waals surface area (Å²) in [6.07, 6.45) is 0. The average molecular weight is 289 g/mol. The number of amides is 1. The minimum absolute atomic E-state index is 0.0148. The molecule has 1 fully saturated rings. The van der Waals surface area contributed by atoms with Crippen LogP contribution in [-0.4, -0.2) is 49.1 Å². The number of nitrogens with one attached hydrogen (secondary N) is 1. The number of carbonyl (C=O) groups excluding carboxylic acids is 1. The van der Waals surface area contributed by atoms with Crippen molar-refractivity contribution < 1.29 is 4.79 Å². The zero-order valence-corrected chi connectivity index (χ0v) is 13.6. The summed E-state index contributed by atoms with van der Waals surface area (Å²) >= 11 is 0. The highest BCUT2D eigenvalue weighted by Crippen LogP contribution is 2.17.